The number of nitriles is 1. The Balaban J connectivity index is 1.68. The molecule has 27 heavy (non-hydrogen) atoms. The number of hydrogen-bond acceptors (Lipinski definition) is 5. The quantitative estimate of drug-likeness (QED) is 0.595. The Kier molecular flexibility index (Phi) is 5.49. The predicted octanol–water partition coefficient (Wildman–Crippen LogP) is 1.70. The molecule has 0 aromatic rings. The average molecular weight is 374 g/mol. The molecule has 2 aliphatic carbocycles. The summed E-state index contributed by atoms with van der Waals surface area (Å²) in [6.45, 7) is 1.45. The molecule has 5 amide bonds. The highest BCUT2D eigenvalue weighted by Gasteiger charge is 2.50. The molecule has 0 bridgehead atoms. The molecule has 1 aliphatic heterocycles. The fourth-order valence-electron chi connectivity index (χ4n) is 4.50. The molecule has 1 heterocycles. The number of carbonyl (C=O) groups is 4. The Morgan fingerprint density at radius 1 is 1.11 bits per heavy atom. The van der Waals surface area contributed by atoms with E-state index in [-0.39, 0.29) is 12.0 Å². The zero-order chi connectivity index (χ0) is 19.6. The standard InChI is InChI=1S/C19H26N4O4/c1-13-7-3-4-8-14(13)23-17(26)16(25)22(18(23)27)11-15(24)21-19(12-20)9-5-2-6-10-19/h13-14H,2-11H2,1H3,(H,21,24)/t13-,14-/m0/s1. The zero-order valence-electron chi connectivity index (χ0n) is 15.7. The molecule has 8 heteroatoms. The van der Waals surface area contributed by atoms with E-state index in [1.807, 2.05) is 6.92 Å². The van der Waals surface area contributed by atoms with Crippen molar-refractivity contribution in [2.75, 3.05) is 6.54 Å². The summed E-state index contributed by atoms with van der Waals surface area (Å²) >= 11 is 0. The van der Waals surface area contributed by atoms with Gasteiger partial charge in [0.05, 0.1) is 6.07 Å². The Morgan fingerprint density at radius 2 is 1.78 bits per heavy atom. The highest BCUT2D eigenvalue weighted by atomic mass is 16.2. The van der Waals surface area contributed by atoms with Gasteiger partial charge in [0.15, 0.2) is 0 Å². The molecule has 0 spiro atoms. The smallest absolute Gasteiger partial charge is 0.334 e. The van der Waals surface area contributed by atoms with Crippen LogP contribution < -0.4 is 5.32 Å². The summed E-state index contributed by atoms with van der Waals surface area (Å²) in [6, 6.07) is 1.17. The lowest BCUT2D eigenvalue weighted by Gasteiger charge is -2.34. The molecular formula is C19H26N4O4. The molecule has 0 aromatic carbocycles. The van der Waals surface area contributed by atoms with Crippen molar-refractivity contribution in [3.8, 4) is 6.07 Å². The summed E-state index contributed by atoms with van der Waals surface area (Å²) in [5.41, 5.74) is -0.942. The third kappa shape index (κ3) is 3.68. The molecule has 1 N–H and O–H groups in total. The van der Waals surface area contributed by atoms with E-state index >= 15 is 0 Å². The predicted molar refractivity (Wildman–Crippen MR) is 94.9 cm³/mol. The number of nitrogens with one attached hydrogen (secondary N) is 1. The van der Waals surface area contributed by atoms with Gasteiger partial charge in [-0.1, -0.05) is 39.0 Å². The maximum Gasteiger partial charge on any atom is 0.334 e. The molecule has 3 fully saturated rings. The number of urea groups is 1. The van der Waals surface area contributed by atoms with E-state index in [0.29, 0.717) is 24.2 Å². The van der Waals surface area contributed by atoms with Crippen molar-refractivity contribution < 1.29 is 19.2 Å². The van der Waals surface area contributed by atoms with Crippen LogP contribution in [0.1, 0.15) is 64.7 Å². The summed E-state index contributed by atoms with van der Waals surface area (Å²) in [5.74, 6) is -2.24. The van der Waals surface area contributed by atoms with Crippen molar-refractivity contribution in [2.45, 2.75) is 76.3 Å². The van der Waals surface area contributed by atoms with Crippen molar-refractivity contribution in [1.29, 1.82) is 5.26 Å². The minimum absolute atomic E-state index is 0.136. The van der Waals surface area contributed by atoms with Gasteiger partial charge in [0.2, 0.25) is 5.91 Å². The third-order valence-electron chi connectivity index (χ3n) is 6.08. The number of nitrogens with zero attached hydrogens (tertiary/aromatic N) is 3. The molecule has 2 atom stereocenters. The van der Waals surface area contributed by atoms with E-state index in [0.717, 1.165) is 43.4 Å². The van der Waals surface area contributed by atoms with Gasteiger partial charge in [-0.2, -0.15) is 5.26 Å². The van der Waals surface area contributed by atoms with Gasteiger partial charge in [0.1, 0.15) is 12.1 Å². The number of carbonyl (C=O) groups excluding carboxylic acids is 4. The Bertz CT molecular complexity index is 692. The van der Waals surface area contributed by atoms with Crippen molar-refractivity contribution >= 4 is 23.8 Å². The molecule has 0 unspecified atom stereocenters. The maximum atomic E-state index is 12.7. The van der Waals surface area contributed by atoms with Crippen molar-refractivity contribution in [1.82, 2.24) is 15.1 Å². The van der Waals surface area contributed by atoms with Gasteiger partial charge in [-0.3, -0.25) is 19.3 Å². The van der Waals surface area contributed by atoms with Gasteiger partial charge in [-0.25, -0.2) is 9.69 Å². The van der Waals surface area contributed by atoms with Gasteiger partial charge >= 0.3 is 17.8 Å². The minimum atomic E-state index is -0.956. The molecule has 0 radical (unpaired) electrons. The van der Waals surface area contributed by atoms with Gasteiger partial charge in [-0.05, 0) is 31.6 Å². The monoisotopic (exact) mass is 374 g/mol. The van der Waals surface area contributed by atoms with Crippen LogP contribution in [-0.2, 0) is 14.4 Å². The van der Waals surface area contributed by atoms with E-state index in [2.05, 4.69) is 11.4 Å². The fraction of sp³-hybridized carbons (Fsp3) is 0.737. The molecule has 3 rings (SSSR count). The topological polar surface area (TPSA) is 111 Å². The van der Waals surface area contributed by atoms with Crippen LogP contribution in [0.4, 0.5) is 4.79 Å². The minimum Gasteiger partial charge on any atom is -0.336 e. The average Bonchev–Trinajstić information content (AvgIpc) is 2.86. The third-order valence-corrected chi connectivity index (χ3v) is 6.08. The molecule has 0 aromatic heterocycles. The number of imide groups is 2. The SMILES string of the molecule is C[C@H]1CCCC[C@@H]1N1C(=O)C(=O)N(CC(=O)NC2(C#N)CCCCC2)C1=O. The Morgan fingerprint density at radius 3 is 2.41 bits per heavy atom. The zero-order valence-corrected chi connectivity index (χ0v) is 15.7. The summed E-state index contributed by atoms with van der Waals surface area (Å²) in [5, 5.41) is 12.2. The van der Waals surface area contributed by atoms with Gasteiger partial charge in [0.25, 0.3) is 0 Å². The second kappa shape index (κ2) is 7.67. The molecule has 3 aliphatic rings. The number of amides is 5. The molecule has 8 nitrogen and oxygen atoms in total. The van der Waals surface area contributed by atoms with Gasteiger partial charge in [0, 0.05) is 6.04 Å². The van der Waals surface area contributed by atoms with Crippen LogP contribution >= 0.6 is 0 Å². The Hall–Kier alpha value is -2.43. The first kappa shape index (κ1) is 19.3. The number of hydrogen-bond donors (Lipinski definition) is 1. The van der Waals surface area contributed by atoms with Crippen LogP contribution in [0, 0.1) is 17.2 Å². The van der Waals surface area contributed by atoms with Crippen LogP contribution in [0.3, 0.4) is 0 Å². The van der Waals surface area contributed by atoms with E-state index < -0.39 is 35.8 Å². The molecule has 146 valence electrons. The van der Waals surface area contributed by atoms with Crippen LogP contribution in [-0.4, -0.2) is 51.7 Å². The fourth-order valence-corrected chi connectivity index (χ4v) is 4.50. The van der Waals surface area contributed by atoms with Crippen molar-refractivity contribution in [3.63, 3.8) is 0 Å². The maximum absolute atomic E-state index is 12.7. The lowest BCUT2D eigenvalue weighted by Crippen LogP contribution is -2.52. The molecular weight excluding hydrogens is 348 g/mol. The van der Waals surface area contributed by atoms with Crippen molar-refractivity contribution in [3.05, 3.63) is 0 Å². The summed E-state index contributed by atoms with van der Waals surface area (Å²) in [7, 11) is 0. The molecule has 2 saturated carbocycles. The summed E-state index contributed by atoms with van der Waals surface area (Å²) in [4.78, 5) is 51.6. The lowest BCUT2D eigenvalue weighted by atomic mass is 9.83. The first-order valence-corrected chi connectivity index (χ1v) is 9.80. The largest absolute Gasteiger partial charge is 0.336 e. The van der Waals surface area contributed by atoms with E-state index in [9.17, 15) is 24.4 Å². The van der Waals surface area contributed by atoms with Crippen molar-refractivity contribution in [2.24, 2.45) is 5.92 Å². The first-order valence-electron chi connectivity index (χ1n) is 9.80. The van der Waals surface area contributed by atoms with E-state index in [4.69, 9.17) is 0 Å². The lowest BCUT2D eigenvalue weighted by molar-refractivity contribution is -0.145. The second-order valence-electron chi connectivity index (χ2n) is 7.98. The van der Waals surface area contributed by atoms with Crippen LogP contribution in [0.2, 0.25) is 0 Å². The Labute approximate surface area is 158 Å². The second-order valence-corrected chi connectivity index (χ2v) is 7.98. The van der Waals surface area contributed by atoms with Crippen LogP contribution in [0.15, 0.2) is 0 Å². The van der Waals surface area contributed by atoms with Crippen LogP contribution in [0.25, 0.3) is 0 Å². The van der Waals surface area contributed by atoms with E-state index in [1.54, 1.807) is 0 Å². The number of rotatable bonds is 4. The van der Waals surface area contributed by atoms with Gasteiger partial charge < -0.3 is 5.32 Å². The summed E-state index contributed by atoms with van der Waals surface area (Å²) < 4.78 is 0. The first-order chi connectivity index (χ1) is 12.9. The molecule has 1 saturated heterocycles. The highest BCUT2D eigenvalue weighted by Crippen LogP contribution is 2.31. The highest BCUT2D eigenvalue weighted by molar-refractivity contribution is 6.45. The normalized spacial score (nSPS) is 28.2. The van der Waals surface area contributed by atoms with Gasteiger partial charge in [-0.15, -0.1) is 0 Å². The van der Waals surface area contributed by atoms with E-state index in [1.165, 1.54) is 0 Å². The van der Waals surface area contributed by atoms with Crippen LogP contribution in [0.5, 0.6) is 0 Å². The summed E-state index contributed by atoms with van der Waals surface area (Å²) in [6.07, 6.45) is 7.37.